The lowest BCUT2D eigenvalue weighted by Crippen LogP contribution is -2.38. The normalized spacial score (nSPS) is 24.1. The summed E-state index contributed by atoms with van der Waals surface area (Å²) in [5.41, 5.74) is 2.55. The maximum absolute atomic E-state index is 12.6. The van der Waals surface area contributed by atoms with Crippen molar-refractivity contribution in [2.75, 3.05) is 16.4 Å². The number of fused-ring (bicyclic) bond motifs is 1. The molecule has 0 saturated carbocycles. The summed E-state index contributed by atoms with van der Waals surface area (Å²) in [6.07, 6.45) is 0.150. The van der Waals surface area contributed by atoms with E-state index >= 15 is 0 Å². The molecule has 2 aliphatic heterocycles. The molecule has 4 rings (SSSR count). The van der Waals surface area contributed by atoms with Crippen LogP contribution in [-0.4, -0.2) is 42.3 Å². The topological polar surface area (TPSA) is 66.8 Å². The Morgan fingerprint density at radius 2 is 1.83 bits per heavy atom. The van der Waals surface area contributed by atoms with Crippen LogP contribution in [0.4, 0.5) is 5.69 Å². The number of thioether (sulfide) groups is 1. The molecule has 0 aliphatic carbocycles. The number of halogens is 2. The molecular formula is C20H18Cl2N2O3S2. The van der Waals surface area contributed by atoms with Crippen molar-refractivity contribution < 1.29 is 13.2 Å². The van der Waals surface area contributed by atoms with Crippen LogP contribution >= 0.6 is 35.0 Å². The lowest BCUT2D eigenvalue weighted by atomic mass is 10.1. The van der Waals surface area contributed by atoms with E-state index in [1.165, 1.54) is 11.8 Å². The number of aryl methyl sites for hydroxylation is 1. The predicted octanol–water partition coefficient (Wildman–Crippen LogP) is 4.15. The molecule has 29 heavy (non-hydrogen) atoms. The van der Waals surface area contributed by atoms with Crippen LogP contribution in [0.2, 0.25) is 10.0 Å². The quantitative estimate of drug-likeness (QED) is 0.676. The highest BCUT2D eigenvalue weighted by molar-refractivity contribution is 8.16. The van der Waals surface area contributed by atoms with E-state index < -0.39 is 9.84 Å². The number of aliphatic imine (C=N–C) groups is 1. The number of carbonyl (C=O) groups excluding carboxylic acids is 1. The van der Waals surface area contributed by atoms with E-state index in [-0.39, 0.29) is 35.1 Å². The molecule has 2 heterocycles. The van der Waals surface area contributed by atoms with Gasteiger partial charge in [-0.1, -0.05) is 53.2 Å². The Morgan fingerprint density at radius 1 is 1.14 bits per heavy atom. The van der Waals surface area contributed by atoms with E-state index in [4.69, 9.17) is 23.2 Å². The molecular weight excluding hydrogens is 451 g/mol. The van der Waals surface area contributed by atoms with Crippen LogP contribution in [0.15, 0.2) is 47.5 Å². The molecule has 2 aromatic carbocycles. The number of hydrogen-bond donors (Lipinski definition) is 0. The molecule has 0 bridgehead atoms. The number of sulfone groups is 1. The number of benzene rings is 2. The van der Waals surface area contributed by atoms with Gasteiger partial charge in [-0.25, -0.2) is 8.42 Å². The number of carbonyl (C=O) groups is 1. The molecule has 2 aliphatic rings. The minimum absolute atomic E-state index is 0.0427. The lowest BCUT2D eigenvalue weighted by Gasteiger charge is -2.26. The fraction of sp³-hybridized carbons (Fsp3) is 0.300. The molecule has 0 aromatic heterocycles. The summed E-state index contributed by atoms with van der Waals surface area (Å²) in [5, 5.41) is 1.53. The first-order valence-electron chi connectivity index (χ1n) is 9.00. The molecule has 0 N–H and O–H groups in total. The van der Waals surface area contributed by atoms with Crippen molar-refractivity contribution in [1.82, 2.24) is 0 Å². The smallest absolute Gasteiger partial charge is 0.252 e. The number of hydrogen-bond acceptors (Lipinski definition) is 4. The average Bonchev–Trinajstić information content (AvgIpc) is 3.10. The molecule has 2 unspecified atom stereocenters. The zero-order valence-corrected chi connectivity index (χ0v) is 18.7. The Hall–Kier alpha value is -1.54. The van der Waals surface area contributed by atoms with E-state index in [1.807, 2.05) is 17.9 Å². The van der Waals surface area contributed by atoms with Gasteiger partial charge in [0.25, 0.3) is 5.91 Å². The highest BCUT2D eigenvalue weighted by Crippen LogP contribution is 2.42. The molecule has 152 valence electrons. The maximum Gasteiger partial charge on any atom is 0.252 e. The lowest BCUT2D eigenvalue weighted by molar-refractivity contribution is -0.117. The fourth-order valence-corrected chi connectivity index (χ4v) is 7.83. The summed E-state index contributed by atoms with van der Waals surface area (Å²) in [5.74, 6) is -0.161. The molecule has 2 atom stereocenters. The molecule has 2 fully saturated rings. The number of nitrogens with zero attached hydrogens (tertiary/aromatic N) is 2. The van der Waals surface area contributed by atoms with Crippen molar-refractivity contribution in [2.24, 2.45) is 4.99 Å². The van der Waals surface area contributed by atoms with Crippen molar-refractivity contribution in [2.45, 2.75) is 24.6 Å². The Bertz CT molecular complexity index is 1100. The van der Waals surface area contributed by atoms with Gasteiger partial charge in [-0.3, -0.25) is 4.79 Å². The van der Waals surface area contributed by atoms with Crippen LogP contribution in [-0.2, 0) is 21.1 Å². The van der Waals surface area contributed by atoms with Crippen molar-refractivity contribution in [3.8, 4) is 0 Å². The van der Waals surface area contributed by atoms with Gasteiger partial charge in [0.05, 0.1) is 24.0 Å². The van der Waals surface area contributed by atoms with E-state index in [0.717, 1.165) is 16.8 Å². The van der Waals surface area contributed by atoms with Crippen molar-refractivity contribution in [3.63, 3.8) is 0 Å². The van der Waals surface area contributed by atoms with E-state index in [9.17, 15) is 13.2 Å². The third kappa shape index (κ3) is 4.48. The number of rotatable bonds is 3. The first-order chi connectivity index (χ1) is 13.7. The number of amidine groups is 1. The van der Waals surface area contributed by atoms with Crippen LogP contribution < -0.4 is 4.90 Å². The molecule has 0 radical (unpaired) electrons. The minimum Gasteiger partial charge on any atom is -0.315 e. The monoisotopic (exact) mass is 468 g/mol. The third-order valence-corrected chi connectivity index (χ3v) is 8.68. The second-order valence-electron chi connectivity index (χ2n) is 7.19. The molecule has 9 heteroatoms. The first kappa shape index (κ1) is 20.7. The number of amides is 1. The summed E-state index contributed by atoms with van der Waals surface area (Å²) >= 11 is 13.4. The largest absolute Gasteiger partial charge is 0.315 e. The van der Waals surface area contributed by atoms with Gasteiger partial charge >= 0.3 is 0 Å². The molecule has 5 nitrogen and oxygen atoms in total. The summed E-state index contributed by atoms with van der Waals surface area (Å²) < 4.78 is 24.4. The highest BCUT2D eigenvalue weighted by atomic mass is 35.5. The van der Waals surface area contributed by atoms with Crippen LogP contribution in [0.25, 0.3) is 0 Å². The molecule has 0 spiro atoms. The van der Waals surface area contributed by atoms with Crippen molar-refractivity contribution in [3.05, 3.63) is 63.6 Å². The first-order valence-corrected chi connectivity index (χ1v) is 12.5. The van der Waals surface area contributed by atoms with Gasteiger partial charge in [-0.15, -0.1) is 0 Å². The summed E-state index contributed by atoms with van der Waals surface area (Å²) in [7, 11) is -3.12. The fourth-order valence-electron chi connectivity index (χ4n) is 3.61. The third-order valence-electron chi connectivity index (χ3n) is 4.99. The Morgan fingerprint density at radius 3 is 2.55 bits per heavy atom. The second kappa shape index (κ2) is 7.95. The van der Waals surface area contributed by atoms with Gasteiger partial charge in [0.2, 0.25) is 0 Å². The standard InChI is InChI=1S/C20H18Cl2N2O3S2/c1-12-2-5-15(22)9-16(12)24-17-10-29(26,27)11-18(17)28-20(24)23-19(25)8-13-3-6-14(21)7-4-13/h2-7,9,17-18H,8,10-11H2,1H3. The molecule has 2 aromatic rings. The molecule has 2 saturated heterocycles. The summed E-state index contributed by atoms with van der Waals surface area (Å²) in [4.78, 5) is 18.8. The zero-order valence-electron chi connectivity index (χ0n) is 15.5. The second-order valence-corrected chi connectivity index (χ2v) is 11.4. The van der Waals surface area contributed by atoms with Crippen LogP contribution in [0.5, 0.6) is 0 Å². The molecule has 1 amide bonds. The van der Waals surface area contributed by atoms with Gasteiger partial charge in [0, 0.05) is 21.0 Å². The number of anilines is 1. The van der Waals surface area contributed by atoms with Crippen molar-refractivity contribution >= 4 is 61.6 Å². The van der Waals surface area contributed by atoms with E-state index in [1.54, 1.807) is 36.4 Å². The minimum atomic E-state index is -3.12. The van der Waals surface area contributed by atoms with Crippen LogP contribution in [0.1, 0.15) is 11.1 Å². The average molecular weight is 469 g/mol. The van der Waals surface area contributed by atoms with Gasteiger partial charge in [0.15, 0.2) is 15.0 Å². The highest BCUT2D eigenvalue weighted by Gasteiger charge is 2.49. The van der Waals surface area contributed by atoms with E-state index in [2.05, 4.69) is 4.99 Å². The van der Waals surface area contributed by atoms with Crippen molar-refractivity contribution in [1.29, 1.82) is 0 Å². The maximum atomic E-state index is 12.6. The van der Waals surface area contributed by atoms with Crippen LogP contribution in [0, 0.1) is 6.92 Å². The van der Waals surface area contributed by atoms with Gasteiger partial charge in [-0.05, 0) is 42.3 Å². The Labute approximate surface area is 184 Å². The van der Waals surface area contributed by atoms with E-state index in [0.29, 0.717) is 15.2 Å². The summed E-state index contributed by atoms with van der Waals surface area (Å²) in [6, 6.07) is 12.3. The van der Waals surface area contributed by atoms with Gasteiger partial charge < -0.3 is 4.90 Å². The van der Waals surface area contributed by atoms with Gasteiger partial charge in [0.1, 0.15) is 0 Å². The summed E-state index contributed by atoms with van der Waals surface area (Å²) in [6.45, 7) is 1.93. The zero-order chi connectivity index (χ0) is 20.8. The SMILES string of the molecule is Cc1ccc(Cl)cc1N1C(=NC(=O)Cc2ccc(Cl)cc2)SC2CS(=O)(=O)CC21. The Balaban J connectivity index is 1.67. The van der Waals surface area contributed by atoms with Crippen LogP contribution in [0.3, 0.4) is 0 Å². The Kier molecular flexibility index (Phi) is 5.68. The predicted molar refractivity (Wildman–Crippen MR) is 120 cm³/mol. The van der Waals surface area contributed by atoms with Gasteiger partial charge in [-0.2, -0.15) is 4.99 Å².